The number of nitrogen functional groups attached to an aromatic ring is 1. The van der Waals surface area contributed by atoms with Gasteiger partial charge in [0, 0.05) is 29.3 Å². The SMILES string of the molecule is C/C=C1\CCCn2c1c(-c1cnc3ccccc3c1)c1c(N)ncnc12. The molecule has 4 heterocycles. The van der Waals surface area contributed by atoms with Crippen LogP contribution < -0.4 is 5.73 Å². The number of allylic oxidation sites excluding steroid dienone is 2. The number of hydrogen-bond acceptors (Lipinski definition) is 4. The second-order valence-corrected chi connectivity index (χ2v) is 6.67. The molecule has 4 aromatic rings. The third-order valence-electron chi connectivity index (χ3n) is 5.23. The van der Waals surface area contributed by atoms with Crippen molar-refractivity contribution in [3.8, 4) is 11.1 Å². The Kier molecular flexibility index (Phi) is 3.28. The maximum absolute atomic E-state index is 6.30. The standard InChI is InChI=1S/C21H19N5/c1-2-13-7-5-9-26-19(13)17(18-20(22)24-12-25-21(18)26)15-10-14-6-3-4-8-16(14)23-11-15/h2-4,6,8,10-12H,5,7,9H2,1H3,(H2,22,24,25)/b13-2+. The van der Waals surface area contributed by atoms with E-state index in [1.807, 2.05) is 24.4 Å². The van der Waals surface area contributed by atoms with Crippen molar-refractivity contribution in [2.45, 2.75) is 26.3 Å². The number of aryl methyl sites for hydroxylation is 1. The second-order valence-electron chi connectivity index (χ2n) is 6.67. The molecular formula is C21H19N5. The summed E-state index contributed by atoms with van der Waals surface area (Å²) in [6.07, 6.45) is 7.86. The van der Waals surface area contributed by atoms with E-state index in [9.17, 15) is 0 Å². The number of nitrogens with two attached hydrogens (primary N) is 1. The first-order valence-corrected chi connectivity index (χ1v) is 8.91. The van der Waals surface area contributed by atoms with Crippen LogP contribution in [0.15, 0.2) is 48.9 Å². The number of hydrogen-bond donors (Lipinski definition) is 1. The number of pyridine rings is 1. The molecule has 0 atom stereocenters. The molecule has 1 aliphatic rings. The summed E-state index contributed by atoms with van der Waals surface area (Å²) in [5.74, 6) is 0.524. The average molecular weight is 341 g/mol. The number of para-hydroxylation sites is 1. The lowest BCUT2D eigenvalue weighted by Gasteiger charge is -2.20. The lowest BCUT2D eigenvalue weighted by Crippen LogP contribution is -2.10. The number of nitrogens with zero attached hydrogens (tertiary/aromatic N) is 4. The van der Waals surface area contributed by atoms with E-state index in [2.05, 4.69) is 44.7 Å². The molecule has 5 rings (SSSR count). The Hall–Kier alpha value is -3.21. The summed E-state index contributed by atoms with van der Waals surface area (Å²) in [5.41, 5.74) is 12.9. The third kappa shape index (κ3) is 2.07. The van der Waals surface area contributed by atoms with Gasteiger partial charge in [-0.1, -0.05) is 24.3 Å². The molecule has 2 N–H and O–H groups in total. The molecule has 0 saturated heterocycles. The summed E-state index contributed by atoms with van der Waals surface area (Å²) in [4.78, 5) is 13.5. The first-order chi connectivity index (χ1) is 12.8. The van der Waals surface area contributed by atoms with Crippen molar-refractivity contribution < 1.29 is 0 Å². The van der Waals surface area contributed by atoms with Gasteiger partial charge in [-0.05, 0) is 37.5 Å². The van der Waals surface area contributed by atoms with Gasteiger partial charge in [0.2, 0.25) is 0 Å². The second kappa shape index (κ2) is 5.66. The van der Waals surface area contributed by atoms with Crippen molar-refractivity contribution >= 4 is 33.3 Å². The zero-order valence-corrected chi connectivity index (χ0v) is 14.6. The molecule has 5 nitrogen and oxygen atoms in total. The van der Waals surface area contributed by atoms with Crippen molar-refractivity contribution in [3.63, 3.8) is 0 Å². The highest BCUT2D eigenvalue weighted by atomic mass is 15.1. The Labute approximate surface area is 151 Å². The van der Waals surface area contributed by atoms with E-state index < -0.39 is 0 Å². The zero-order chi connectivity index (χ0) is 17.7. The zero-order valence-electron chi connectivity index (χ0n) is 14.6. The Morgan fingerprint density at radius 3 is 2.92 bits per heavy atom. The van der Waals surface area contributed by atoms with Gasteiger partial charge in [-0.25, -0.2) is 9.97 Å². The molecule has 26 heavy (non-hydrogen) atoms. The Morgan fingerprint density at radius 1 is 1.15 bits per heavy atom. The van der Waals surface area contributed by atoms with Crippen LogP contribution >= 0.6 is 0 Å². The van der Waals surface area contributed by atoms with Gasteiger partial charge >= 0.3 is 0 Å². The number of benzene rings is 1. The maximum atomic E-state index is 6.30. The summed E-state index contributed by atoms with van der Waals surface area (Å²) in [6, 6.07) is 10.4. The molecule has 0 saturated carbocycles. The average Bonchev–Trinajstić information content (AvgIpc) is 3.03. The molecule has 5 heteroatoms. The van der Waals surface area contributed by atoms with E-state index in [0.29, 0.717) is 5.82 Å². The van der Waals surface area contributed by atoms with Crippen molar-refractivity contribution in [2.75, 3.05) is 5.73 Å². The smallest absolute Gasteiger partial charge is 0.146 e. The molecule has 0 unspecified atom stereocenters. The minimum atomic E-state index is 0.524. The van der Waals surface area contributed by atoms with Gasteiger partial charge in [-0.2, -0.15) is 0 Å². The van der Waals surface area contributed by atoms with Gasteiger partial charge < -0.3 is 10.3 Å². The largest absolute Gasteiger partial charge is 0.383 e. The minimum absolute atomic E-state index is 0.524. The lowest BCUT2D eigenvalue weighted by molar-refractivity contribution is 0.632. The Bertz CT molecular complexity index is 1190. The number of rotatable bonds is 1. The fourth-order valence-corrected chi connectivity index (χ4v) is 4.06. The predicted octanol–water partition coefficient (Wildman–Crippen LogP) is 4.43. The molecule has 1 aromatic carbocycles. The molecule has 0 radical (unpaired) electrons. The fraction of sp³-hybridized carbons (Fsp3) is 0.190. The van der Waals surface area contributed by atoms with E-state index in [1.54, 1.807) is 6.33 Å². The Morgan fingerprint density at radius 2 is 2.04 bits per heavy atom. The topological polar surface area (TPSA) is 69.6 Å². The van der Waals surface area contributed by atoms with Crippen LogP contribution in [0.25, 0.3) is 38.6 Å². The highest BCUT2D eigenvalue weighted by Crippen LogP contribution is 2.43. The Balaban J connectivity index is 1.92. The molecule has 0 bridgehead atoms. The quantitative estimate of drug-likeness (QED) is 0.556. The number of anilines is 1. The molecule has 1 aliphatic heterocycles. The van der Waals surface area contributed by atoms with E-state index >= 15 is 0 Å². The highest BCUT2D eigenvalue weighted by Gasteiger charge is 2.26. The van der Waals surface area contributed by atoms with Crippen molar-refractivity contribution in [2.24, 2.45) is 0 Å². The van der Waals surface area contributed by atoms with Gasteiger partial charge in [0.05, 0.1) is 16.6 Å². The van der Waals surface area contributed by atoms with Crippen LogP contribution in [-0.4, -0.2) is 19.5 Å². The molecular weight excluding hydrogens is 322 g/mol. The van der Waals surface area contributed by atoms with E-state index in [1.165, 1.54) is 11.3 Å². The molecule has 0 amide bonds. The summed E-state index contributed by atoms with van der Waals surface area (Å²) < 4.78 is 2.29. The molecule has 0 aliphatic carbocycles. The van der Waals surface area contributed by atoms with Gasteiger partial charge in [0.25, 0.3) is 0 Å². The van der Waals surface area contributed by atoms with Crippen LogP contribution in [0, 0.1) is 0 Å². The highest BCUT2D eigenvalue weighted by molar-refractivity contribution is 6.06. The summed E-state index contributed by atoms with van der Waals surface area (Å²) in [5, 5.41) is 2.05. The van der Waals surface area contributed by atoms with Gasteiger partial charge in [-0.3, -0.25) is 4.98 Å². The minimum Gasteiger partial charge on any atom is -0.383 e. The van der Waals surface area contributed by atoms with Gasteiger partial charge in [-0.15, -0.1) is 0 Å². The van der Waals surface area contributed by atoms with Gasteiger partial charge in [0.1, 0.15) is 17.8 Å². The molecule has 128 valence electrons. The fourth-order valence-electron chi connectivity index (χ4n) is 4.06. The third-order valence-corrected chi connectivity index (χ3v) is 5.23. The molecule has 3 aromatic heterocycles. The van der Waals surface area contributed by atoms with Crippen LogP contribution in [0.2, 0.25) is 0 Å². The van der Waals surface area contributed by atoms with Crippen LogP contribution in [-0.2, 0) is 6.54 Å². The van der Waals surface area contributed by atoms with E-state index in [-0.39, 0.29) is 0 Å². The molecule has 0 fully saturated rings. The summed E-state index contributed by atoms with van der Waals surface area (Å²) >= 11 is 0. The summed E-state index contributed by atoms with van der Waals surface area (Å²) in [6.45, 7) is 3.04. The monoisotopic (exact) mass is 341 g/mol. The summed E-state index contributed by atoms with van der Waals surface area (Å²) in [7, 11) is 0. The van der Waals surface area contributed by atoms with Crippen LogP contribution in [0.5, 0.6) is 0 Å². The first kappa shape index (κ1) is 15.1. The first-order valence-electron chi connectivity index (χ1n) is 8.91. The van der Waals surface area contributed by atoms with Crippen LogP contribution in [0.3, 0.4) is 0 Å². The molecule has 0 spiro atoms. The van der Waals surface area contributed by atoms with Gasteiger partial charge in [0.15, 0.2) is 0 Å². The van der Waals surface area contributed by atoms with Crippen LogP contribution in [0.4, 0.5) is 5.82 Å². The number of aromatic nitrogens is 4. The van der Waals surface area contributed by atoms with Crippen LogP contribution in [0.1, 0.15) is 25.5 Å². The van der Waals surface area contributed by atoms with Crippen molar-refractivity contribution in [1.29, 1.82) is 0 Å². The normalized spacial score (nSPS) is 15.7. The van der Waals surface area contributed by atoms with Crippen molar-refractivity contribution in [3.05, 3.63) is 54.6 Å². The van der Waals surface area contributed by atoms with Crippen molar-refractivity contribution in [1.82, 2.24) is 19.5 Å². The van der Waals surface area contributed by atoms with E-state index in [0.717, 1.165) is 52.4 Å². The number of fused-ring (bicyclic) bond motifs is 4. The lowest BCUT2D eigenvalue weighted by atomic mass is 9.95. The predicted molar refractivity (Wildman–Crippen MR) is 106 cm³/mol. The van der Waals surface area contributed by atoms with E-state index in [4.69, 9.17) is 5.73 Å². The maximum Gasteiger partial charge on any atom is 0.146 e.